The van der Waals surface area contributed by atoms with Crippen molar-refractivity contribution >= 4 is 0 Å². The fraction of sp³-hybridized carbons (Fsp3) is 0.571. The lowest BCUT2D eigenvalue weighted by Gasteiger charge is -2.43. The van der Waals surface area contributed by atoms with Gasteiger partial charge in [0, 0.05) is 37.9 Å². The van der Waals surface area contributed by atoms with Crippen LogP contribution in [0.1, 0.15) is 18.9 Å². The number of halogens is 2. The second-order valence-corrected chi connectivity index (χ2v) is 4.65. The first-order valence-corrected chi connectivity index (χ1v) is 6.47. The Hall–Kier alpha value is -1.04. The minimum Gasteiger partial charge on any atom is -0.377 e. The van der Waals surface area contributed by atoms with Crippen LogP contribution >= 0.6 is 0 Å². The Kier molecular flexibility index (Phi) is 4.85. The highest BCUT2D eigenvalue weighted by Gasteiger charge is 2.41. The van der Waals surface area contributed by atoms with E-state index in [9.17, 15) is 8.78 Å². The van der Waals surface area contributed by atoms with E-state index in [0.717, 1.165) is 12.5 Å². The molecular formula is C14H19F2NO2. The molecule has 5 heteroatoms. The Morgan fingerprint density at radius 3 is 2.79 bits per heavy atom. The highest BCUT2D eigenvalue weighted by atomic mass is 19.1. The van der Waals surface area contributed by atoms with Crippen LogP contribution < -0.4 is 5.32 Å². The van der Waals surface area contributed by atoms with Gasteiger partial charge in [0.1, 0.15) is 11.6 Å². The minimum atomic E-state index is -0.559. The molecule has 3 nitrogen and oxygen atoms in total. The number of ether oxygens (including phenoxy) is 2. The van der Waals surface area contributed by atoms with E-state index in [0.29, 0.717) is 18.7 Å². The number of nitrogens with one attached hydrogen (secondary N) is 1. The number of hydrogen-bond acceptors (Lipinski definition) is 3. The Balaban J connectivity index is 1.86. The van der Waals surface area contributed by atoms with Gasteiger partial charge in [0.2, 0.25) is 0 Å². The van der Waals surface area contributed by atoms with Crippen molar-refractivity contribution in [3.05, 3.63) is 35.4 Å². The van der Waals surface area contributed by atoms with E-state index in [-0.39, 0.29) is 18.2 Å². The summed E-state index contributed by atoms with van der Waals surface area (Å²) in [5.41, 5.74) is 0.455. The lowest BCUT2D eigenvalue weighted by molar-refractivity contribution is -0.131. The normalized spacial score (nSPS) is 26.2. The van der Waals surface area contributed by atoms with E-state index in [1.807, 2.05) is 6.92 Å². The molecule has 1 aromatic rings. The summed E-state index contributed by atoms with van der Waals surface area (Å²) in [6, 6.07) is 3.76. The second-order valence-electron chi connectivity index (χ2n) is 4.65. The van der Waals surface area contributed by atoms with Crippen LogP contribution in [0.25, 0.3) is 0 Å². The van der Waals surface area contributed by atoms with Crippen LogP contribution in [-0.4, -0.2) is 32.0 Å². The van der Waals surface area contributed by atoms with E-state index in [1.165, 1.54) is 12.1 Å². The van der Waals surface area contributed by atoms with Crippen molar-refractivity contribution < 1.29 is 18.3 Å². The molecule has 0 heterocycles. The maximum atomic E-state index is 13.5. The molecule has 1 fully saturated rings. The molecule has 1 aromatic carbocycles. The third-order valence-electron chi connectivity index (χ3n) is 3.47. The minimum absolute atomic E-state index is 0.0107. The third-order valence-corrected chi connectivity index (χ3v) is 3.47. The van der Waals surface area contributed by atoms with Crippen LogP contribution in [0, 0.1) is 11.6 Å². The van der Waals surface area contributed by atoms with E-state index in [4.69, 9.17) is 9.47 Å². The smallest absolute Gasteiger partial charge is 0.130 e. The van der Waals surface area contributed by atoms with E-state index in [2.05, 4.69) is 5.32 Å². The monoisotopic (exact) mass is 271 g/mol. The summed E-state index contributed by atoms with van der Waals surface area (Å²) in [6.07, 6.45) is 0.934. The van der Waals surface area contributed by atoms with Gasteiger partial charge >= 0.3 is 0 Å². The maximum absolute atomic E-state index is 13.5. The van der Waals surface area contributed by atoms with Crippen LogP contribution in [0.5, 0.6) is 0 Å². The zero-order valence-corrected chi connectivity index (χ0v) is 11.2. The lowest BCUT2D eigenvalue weighted by atomic mass is 9.85. The summed E-state index contributed by atoms with van der Waals surface area (Å²) >= 11 is 0. The molecule has 0 bridgehead atoms. The van der Waals surface area contributed by atoms with Crippen LogP contribution in [-0.2, 0) is 16.0 Å². The molecule has 1 N–H and O–H groups in total. The first-order valence-electron chi connectivity index (χ1n) is 6.47. The van der Waals surface area contributed by atoms with Crippen molar-refractivity contribution in [1.29, 1.82) is 0 Å². The van der Waals surface area contributed by atoms with Gasteiger partial charge in [-0.3, -0.25) is 0 Å². The van der Waals surface area contributed by atoms with Crippen molar-refractivity contribution in [2.45, 2.75) is 38.1 Å². The molecule has 0 amide bonds. The fourth-order valence-electron chi connectivity index (χ4n) is 2.38. The zero-order chi connectivity index (χ0) is 13.8. The molecule has 1 aliphatic carbocycles. The molecule has 0 radical (unpaired) electrons. The van der Waals surface area contributed by atoms with Gasteiger partial charge in [-0.05, 0) is 19.4 Å². The van der Waals surface area contributed by atoms with Gasteiger partial charge in [-0.1, -0.05) is 6.07 Å². The quantitative estimate of drug-likeness (QED) is 0.861. The first-order chi connectivity index (χ1) is 9.15. The van der Waals surface area contributed by atoms with Gasteiger partial charge in [-0.25, -0.2) is 8.78 Å². The Morgan fingerprint density at radius 1 is 1.37 bits per heavy atom. The van der Waals surface area contributed by atoms with Gasteiger partial charge in [0.15, 0.2) is 0 Å². The molecule has 0 aliphatic heterocycles. The predicted molar refractivity (Wildman–Crippen MR) is 67.8 cm³/mol. The van der Waals surface area contributed by atoms with Gasteiger partial charge < -0.3 is 14.8 Å². The number of rotatable bonds is 6. The summed E-state index contributed by atoms with van der Waals surface area (Å²) in [4.78, 5) is 0. The van der Waals surface area contributed by atoms with E-state index < -0.39 is 11.6 Å². The van der Waals surface area contributed by atoms with Gasteiger partial charge in [0.25, 0.3) is 0 Å². The molecule has 1 aliphatic rings. The average Bonchev–Trinajstić information content (AvgIpc) is 2.35. The Morgan fingerprint density at radius 2 is 2.16 bits per heavy atom. The first kappa shape index (κ1) is 14.4. The molecular weight excluding hydrogens is 252 g/mol. The molecule has 3 atom stereocenters. The van der Waals surface area contributed by atoms with Crippen LogP contribution in [0.15, 0.2) is 18.2 Å². The SMILES string of the molecule is CCOC1CC(NCc2ccc(F)cc2F)C1OC. The summed E-state index contributed by atoms with van der Waals surface area (Å²) in [6.45, 7) is 2.96. The van der Waals surface area contributed by atoms with Gasteiger partial charge in [0.05, 0.1) is 12.2 Å². The van der Waals surface area contributed by atoms with Gasteiger partial charge in [-0.15, -0.1) is 0 Å². The highest BCUT2D eigenvalue weighted by Crippen LogP contribution is 2.27. The van der Waals surface area contributed by atoms with E-state index >= 15 is 0 Å². The van der Waals surface area contributed by atoms with E-state index in [1.54, 1.807) is 7.11 Å². The zero-order valence-electron chi connectivity index (χ0n) is 11.2. The molecule has 19 heavy (non-hydrogen) atoms. The molecule has 3 unspecified atom stereocenters. The fourth-order valence-corrected chi connectivity index (χ4v) is 2.38. The van der Waals surface area contributed by atoms with Crippen LogP contribution in [0.4, 0.5) is 8.78 Å². The standard InChI is InChI=1S/C14H19F2NO2/c1-3-19-13-7-12(14(13)18-2)17-8-9-4-5-10(15)6-11(9)16/h4-6,12-14,17H,3,7-8H2,1-2H3. The van der Waals surface area contributed by atoms with Crippen LogP contribution in [0.3, 0.4) is 0 Å². The summed E-state index contributed by atoms with van der Waals surface area (Å²) < 4.78 is 37.1. The molecule has 1 saturated carbocycles. The largest absolute Gasteiger partial charge is 0.377 e. The average molecular weight is 271 g/mol. The van der Waals surface area contributed by atoms with Crippen molar-refractivity contribution in [1.82, 2.24) is 5.32 Å². The highest BCUT2D eigenvalue weighted by molar-refractivity contribution is 5.18. The molecule has 0 saturated heterocycles. The number of hydrogen-bond donors (Lipinski definition) is 1. The number of methoxy groups -OCH3 is 1. The summed E-state index contributed by atoms with van der Waals surface area (Å²) in [5.74, 6) is -1.08. The second kappa shape index (κ2) is 6.41. The molecule has 2 rings (SSSR count). The van der Waals surface area contributed by atoms with Crippen molar-refractivity contribution in [2.24, 2.45) is 0 Å². The maximum Gasteiger partial charge on any atom is 0.130 e. The predicted octanol–water partition coefficient (Wildman–Crippen LogP) is 2.25. The van der Waals surface area contributed by atoms with Crippen LogP contribution in [0.2, 0.25) is 0 Å². The van der Waals surface area contributed by atoms with Crippen molar-refractivity contribution in [3.8, 4) is 0 Å². The topological polar surface area (TPSA) is 30.5 Å². The third kappa shape index (κ3) is 3.29. The molecule has 106 valence electrons. The lowest BCUT2D eigenvalue weighted by Crippen LogP contribution is -2.59. The van der Waals surface area contributed by atoms with Gasteiger partial charge in [-0.2, -0.15) is 0 Å². The Labute approximate surface area is 111 Å². The summed E-state index contributed by atoms with van der Waals surface area (Å²) in [7, 11) is 1.64. The molecule has 0 spiro atoms. The van der Waals surface area contributed by atoms with Crippen molar-refractivity contribution in [2.75, 3.05) is 13.7 Å². The van der Waals surface area contributed by atoms with Crippen molar-refractivity contribution in [3.63, 3.8) is 0 Å². The number of benzene rings is 1. The molecule has 0 aromatic heterocycles. The summed E-state index contributed by atoms with van der Waals surface area (Å²) in [5, 5.41) is 3.22. The Bertz CT molecular complexity index is 428.